The van der Waals surface area contributed by atoms with E-state index in [9.17, 15) is 4.79 Å². The van der Waals surface area contributed by atoms with E-state index in [1.54, 1.807) is 10.6 Å². The van der Waals surface area contributed by atoms with Gasteiger partial charge in [0.1, 0.15) is 0 Å². The number of rotatable bonds is 7. The van der Waals surface area contributed by atoms with E-state index in [0.29, 0.717) is 17.5 Å². The molecule has 0 aliphatic heterocycles. The highest BCUT2D eigenvalue weighted by Crippen LogP contribution is 2.34. The van der Waals surface area contributed by atoms with Crippen molar-refractivity contribution >= 4 is 29.7 Å². The molecule has 4 aromatic carbocycles. The minimum absolute atomic E-state index is 0.162. The second-order valence-corrected chi connectivity index (χ2v) is 8.29. The van der Waals surface area contributed by atoms with E-state index in [1.165, 1.54) is 5.56 Å². The summed E-state index contributed by atoms with van der Waals surface area (Å²) in [5, 5.41) is 0. The summed E-state index contributed by atoms with van der Waals surface area (Å²) < 4.78 is 7.32. The highest BCUT2D eigenvalue weighted by Gasteiger charge is 2.11. The number of aryl methyl sites for hydroxylation is 1. The van der Waals surface area contributed by atoms with Crippen molar-refractivity contribution in [1.82, 2.24) is 4.57 Å². The summed E-state index contributed by atoms with van der Waals surface area (Å²) in [6, 6.07) is 38.7. The average Bonchev–Trinajstić information content (AvgIpc) is 3.17. The number of hydrogen-bond acceptors (Lipinski definition) is 3. The maximum atomic E-state index is 13.0. The molecule has 1 aromatic heterocycles. The molecule has 0 radical (unpaired) electrons. The van der Waals surface area contributed by atoms with Crippen LogP contribution in [0.2, 0.25) is 0 Å². The first-order valence-electron chi connectivity index (χ1n) is 11.6. The molecular formula is C31H26N2O2. The summed E-state index contributed by atoms with van der Waals surface area (Å²) >= 11 is 0. The highest BCUT2D eigenvalue weighted by molar-refractivity contribution is 5.76. The molecule has 0 aliphatic carbocycles. The fourth-order valence-corrected chi connectivity index (χ4v) is 4.15. The van der Waals surface area contributed by atoms with Crippen LogP contribution in [0.1, 0.15) is 11.1 Å². The van der Waals surface area contributed by atoms with E-state index < -0.39 is 0 Å². The van der Waals surface area contributed by atoms with Crippen LogP contribution in [0.4, 0.5) is 17.1 Å². The summed E-state index contributed by atoms with van der Waals surface area (Å²) in [5.41, 5.74) is 5.72. The fourth-order valence-electron chi connectivity index (χ4n) is 4.15. The molecule has 35 heavy (non-hydrogen) atoms. The van der Waals surface area contributed by atoms with Gasteiger partial charge in [0.05, 0.1) is 0 Å². The number of anilines is 3. The van der Waals surface area contributed by atoms with Crippen LogP contribution in [-0.2, 0) is 13.0 Å². The van der Waals surface area contributed by atoms with E-state index in [1.807, 2.05) is 78.9 Å². The fraction of sp³-hybridized carbons (Fsp3) is 0.0645. The van der Waals surface area contributed by atoms with Crippen LogP contribution < -0.4 is 21.4 Å². The first kappa shape index (κ1) is 22.2. The molecule has 5 rings (SSSR count). The van der Waals surface area contributed by atoms with Gasteiger partial charge in [-0.2, -0.15) is 0 Å². The Labute approximate surface area is 204 Å². The lowest BCUT2D eigenvalue weighted by Gasteiger charge is -2.25. The molecule has 1 heterocycles. The molecule has 0 N–H and O–H groups in total. The minimum Gasteiger partial charge on any atom is -0.436 e. The molecule has 0 unspecified atom stereocenters. The number of hydrogen-bond donors (Lipinski definition) is 0. The lowest BCUT2D eigenvalue weighted by Crippen LogP contribution is -2.31. The molecule has 0 saturated heterocycles. The van der Waals surface area contributed by atoms with Gasteiger partial charge in [0.15, 0.2) is 11.0 Å². The lowest BCUT2D eigenvalue weighted by molar-refractivity contribution is 0.464. The van der Waals surface area contributed by atoms with Crippen LogP contribution >= 0.6 is 0 Å². The van der Waals surface area contributed by atoms with Crippen LogP contribution in [0, 0.1) is 0 Å². The molecule has 0 amide bonds. The molecule has 4 nitrogen and oxygen atoms in total. The van der Waals surface area contributed by atoms with Gasteiger partial charge in [-0.25, -0.2) is 0 Å². The summed E-state index contributed by atoms with van der Waals surface area (Å²) in [6.45, 7) is 4.46. The monoisotopic (exact) mass is 458 g/mol. The maximum Gasteiger partial charge on any atom is 0.296 e. The van der Waals surface area contributed by atoms with Crippen molar-refractivity contribution in [2.75, 3.05) is 4.90 Å². The van der Waals surface area contributed by atoms with E-state index in [4.69, 9.17) is 4.42 Å². The largest absolute Gasteiger partial charge is 0.436 e. The Morgan fingerprint density at radius 2 is 1.23 bits per heavy atom. The summed E-state index contributed by atoms with van der Waals surface area (Å²) in [5.74, 6) is 0. The van der Waals surface area contributed by atoms with Crippen molar-refractivity contribution in [1.29, 1.82) is 0 Å². The first-order chi connectivity index (χ1) is 17.2. The Hall–Kier alpha value is -4.57. The molecule has 0 bridgehead atoms. The Bertz CT molecular complexity index is 1510. The smallest absolute Gasteiger partial charge is 0.296 e. The van der Waals surface area contributed by atoms with Crippen molar-refractivity contribution in [3.8, 4) is 0 Å². The topological polar surface area (TPSA) is 38.4 Å². The minimum atomic E-state index is -0.162. The molecule has 0 fully saturated rings. The van der Waals surface area contributed by atoms with Gasteiger partial charge in [0.2, 0.25) is 0 Å². The van der Waals surface area contributed by atoms with Crippen molar-refractivity contribution in [3.05, 3.63) is 148 Å². The third-order valence-corrected chi connectivity index (χ3v) is 5.93. The second kappa shape index (κ2) is 10.1. The standard InChI is InChI=1S/C31H26N2O2/c1-24-32(22-21-25-11-5-2-6-12-25)31(34)30(35-24)23-26-17-19-29(20-18-26)33(27-13-7-3-8-14-27)28-15-9-4-10-16-28/h2-20,23H,1,21-22H2/b30-23+. The number of benzene rings is 4. The third kappa shape index (κ3) is 5.02. The molecule has 172 valence electrons. The van der Waals surface area contributed by atoms with E-state index in [0.717, 1.165) is 29.0 Å². The Morgan fingerprint density at radius 3 is 1.80 bits per heavy atom. The SMILES string of the molecule is C=c1o/c(=C/c2ccc(N(c3ccccc3)c3ccccc3)cc2)c(=O)n1CCc1ccccc1. The van der Waals surface area contributed by atoms with Crippen molar-refractivity contribution in [3.63, 3.8) is 0 Å². The van der Waals surface area contributed by atoms with Gasteiger partial charge in [-0.1, -0.05) is 78.9 Å². The number of para-hydroxylation sites is 2. The van der Waals surface area contributed by atoms with Crippen LogP contribution in [0.25, 0.3) is 12.7 Å². The predicted molar refractivity (Wildman–Crippen MR) is 143 cm³/mol. The third-order valence-electron chi connectivity index (χ3n) is 5.93. The highest BCUT2D eigenvalue weighted by atomic mass is 16.4. The molecular weight excluding hydrogens is 432 g/mol. The zero-order valence-corrected chi connectivity index (χ0v) is 19.4. The second-order valence-electron chi connectivity index (χ2n) is 8.29. The molecule has 0 atom stereocenters. The van der Waals surface area contributed by atoms with Crippen molar-refractivity contribution in [2.24, 2.45) is 0 Å². The summed E-state index contributed by atoms with van der Waals surface area (Å²) in [6.07, 6.45) is 2.51. The zero-order chi connectivity index (χ0) is 24.0. The van der Waals surface area contributed by atoms with Gasteiger partial charge >= 0.3 is 0 Å². The molecule has 0 aliphatic rings. The maximum absolute atomic E-state index is 13.0. The molecule has 4 heteroatoms. The Balaban J connectivity index is 1.43. The van der Waals surface area contributed by atoms with Gasteiger partial charge in [-0.15, -0.1) is 0 Å². The van der Waals surface area contributed by atoms with E-state index in [2.05, 4.69) is 47.9 Å². The van der Waals surface area contributed by atoms with Gasteiger partial charge in [-0.05, 0) is 66.6 Å². The summed E-state index contributed by atoms with van der Waals surface area (Å²) in [7, 11) is 0. The van der Waals surface area contributed by atoms with Crippen molar-refractivity contribution in [2.45, 2.75) is 13.0 Å². The number of aromatic nitrogens is 1. The normalized spacial score (nSPS) is 11.5. The number of oxazole rings is 1. The predicted octanol–water partition coefficient (Wildman–Crippen LogP) is 5.39. The van der Waals surface area contributed by atoms with Gasteiger partial charge in [0.25, 0.3) is 5.56 Å². The van der Waals surface area contributed by atoms with Gasteiger partial charge in [-0.3, -0.25) is 9.36 Å². The molecule has 5 aromatic rings. The quantitative estimate of drug-likeness (QED) is 0.328. The van der Waals surface area contributed by atoms with Crippen LogP contribution in [0.5, 0.6) is 0 Å². The molecule has 0 saturated carbocycles. The first-order valence-corrected chi connectivity index (χ1v) is 11.6. The number of nitrogens with zero attached hydrogens (tertiary/aromatic N) is 2. The lowest BCUT2D eigenvalue weighted by atomic mass is 10.1. The van der Waals surface area contributed by atoms with Gasteiger partial charge < -0.3 is 9.32 Å². The summed E-state index contributed by atoms with van der Waals surface area (Å²) in [4.78, 5) is 15.1. The average molecular weight is 459 g/mol. The van der Waals surface area contributed by atoms with Crippen molar-refractivity contribution < 1.29 is 4.42 Å². The van der Waals surface area contributed by atoms with Crippen LogP contribution in [-0.4, -0.2) is 4.57 Å². The molecule has 0 spiro atoms. The van der Waals surface area contributed by atoms with E-state index >= 15 is 0 Å². The van der Waals surface area contributed by atoms with E-state index in [-0.39, 0.29) is 5.56 Å². The Morgan fingerprint density at radius 1 is 0.714 bits per heavy atom. The van der Waals surface area contributed by atoms with Crippen LogP contribution in [0.3, 0.4) is 0 Å². The van der Waals surface area contributed by atoms with Crippen LogP contribution in [0.15, 0.2) is 124 Å². The Kier molecular flexibility index (Phi) is 6.44. The zero-order valence-electron chi connectivity index (χ0n) is 19.4. The van der Waals surface area contributed by atoms with Gasteiger partial charge in [0, 0.05) is 23.6 Å².